The number of para-hydroxylation sites is 2. The summed E-state index contributed by atoms with van der Waals surface area (Å²) in [7, 11) is 0. The van der Waals surface area contributed by atoms with Gasteiger partial charge < -0.3 is 15.0 Å². The van der Waals surface area contributed by atoms with E-state index in [9.17, 15) is 14.4 Å². The lowest BCUT2D eigenvalue weighted by Crippen LogP contribution is -2.49. The van der Waals surface area contributed by atoms with E-state index in [2.05, 4.69) is 11.4 Å². The number of urea groups is 1. The summed E-state index contributed by atoms with van der Waals surface area (Å²) in [6.07, 6.45) is 2.16. The Bertz CT molecular complexity index is 1270. The van der Waals surface area contributed by atoms with E-state index in [-0.39, 0.29) is 24.3 Å². The zero-order valence-corrected chi connectivity index (χ0v) is 19.3. The fourth-order valence-electron chi connectivity index (χ4n) is 5.22. The molecule has 2 saturated heterocycles. The first-order valence-corrected chi connectivity index (χ1v) is 12.4. The van der Waals surface area contributed by atoms with Gasteiger partial charge in [-0.2, -0.15) is 0 Å². The topological polar surface area (TPSA) is 91.8 Å². The number of fused-ring (bicyclic) bond motifs is 3. The smallest absolute Gasteiger partial charge is 0.325 e. The molecule has 34 heavy (non-hydrogen) atoms. The molecular weight excluding hydrogens is 452 g/mol. The van der Waals surface area contributed by atoms with Crippen molar-refractivity contribution in [1.82, 2.24) is 20.1 Å². The summed E-state index contributed by atoms with van der Waals surface area (Å²) in [5.74, 6) is 0.144. The van der Waals surface area contributed by atoms with Crippen molar-refractivity contribution in [2.24, 2.45) is 0 Å². The summed E-state index contributed by atoms with van der Waals surface area (Å²) in [6.45, 7) is 1.22. The fraction of sp³-hybridized carbons (Fsp3) is 0.360. The number of hydrogen-bond acceptors (Lipinski definition) is 6. The Kier molecular flexibility index (Phi) is 5.02. The fourth-order valence-corrected chi connectivity index (χ4v) is 6.31. The molecule has 3 aliphatic rings. The average molecular weight is 477 g/mol. The molecule has 8 nitrogen and oxygen atoms in total. The molecule has 2 atom stereocenters. The molecule has 3 aromatic rings. The van der Waals surface area contributed by atoms with Crippen LogP contribution in [-0.2, 0) is 15.1 Å². The number of thiazole rings is 1. The van der Waals surface area contributed by atoms with Crippen molar-refractivity contribution >= 4 is 39.4 Å². The van der Waals surface area contributed by atoms with Gasteiger partial charge in [-0.3, -0.25) is 14.5 Å². The van der Waals surface area contributed by atoms with Crippen LogP contribution in [0.3, 0.4) is 0 Å². The van der Waals surface area contributed by atoms with Crippen LogP contribution in [0, 0.1) is 0 Å². The van der Waals surface area contributed by atoms with Crippen LogP contribution in [-0.4, -0.2) is 58.9 Å². The Balaban J connectivity index is 1.19. The van der Waals surface area contributed by atoms with Crippen molar-refractivity contribution in [2.45, 2.75) is 30.7 Å². The van der Waals surface area contributed by atoms with Crippen LogP contribution in [0.2, 0.25) is 0 Å². The van der Waals surface area contributed by atoms with Crippen LogP contribution in [0.4, 0.5) is 4.79 Å². The number of nitrogens with zero attached hydrogens (tertiary/aromatic N) is 3. The van der Waals surface area contributed by atoms with Gasteiger partial charge in [0.15, 0.2) is 5.54 Å². The Labute approximate surface area is 200 Å². The summed E-state index contributed by atoms with van der Waals surface area (Å²) in [6, 6.07) is 14.7. The van der Waals surface area contributed by atoms with Gasteiger partial charge in [-0.15, -0.1) is 11.3 Å². The monoisotopic (exact) mass is 476 g/mol. The van der Waals surface area contributed by atoms with Gasteiger partial charge in [0, 0.05) is 31.0 Å². The summed E-state index contributed by atoms with van der Waals surface area (Å²) >= 11 is 1.67. The number of amides is 4. The SMILES string of the molecule is O=C(CN1C(=O)N[C@@]2(CCOc3ccccc32)C1=O)N1CCC[C@H](c2nc3ccccc3s2)C1. The van der Waals surface area contributed by atoms with Crippen molar-refractivity contribution in [2.75, 3.05) is 26.2 Å². The molecule has 9 heteroatoms. The van der Waals surface area contributed by atoms with Gasteiger partial charge in [0.25, 0.3) is 5.91 Å². The van der Waals surface area contributed by atoms with Crippen molar-refractivity contribution in [3.8, 4) is 5.75 Å². The van der Waals surface area contributed by atoms with E-state index in [1.54, 1.807) is 28.4 Å². The molecule has 6 rings (SSSR count). The van der Waals surface area contributed by atoms with Crippen molar-refractivity contribution < 1.29 is 19.1 Å². The van der Waals surface area contributed by atoms with Gasteiger partial charge in [0.05, 0.1) is 21.8 Å². The molecule has 3 aliphatic heterocycles. The first-order valence-electron chi connectivity index (χ1n) is 11.5. The molecule has 4 amide bonds. The maximum absolute atomic E-state index is 13.5. The van der Waals surface area contributed by atoms with E-state index in [0.29, 0.717) is 37.4 Å². The Morgan fingerprint density at radius 2 is 2.00 bits per heavy atom. The van der Waals surface area contributed by atoms with Crippen LogP contribution in [0.15, 0.2) is 48.5 Å². The molecule has 4 heterocycles. The molecule has 0 radical (unpaired) electrons. The lowest BCUT2D eigenvalue weighted by molar-refractivity contribution is -0.140. The van der Waals surface area contributed by atoms with Crippen molar-refractivity contribution in [3.05, 3.63) is 59.1 Å². The third kappa shape index (κ3) is 3.34. The molecular formula is C25H24N4O4S. The summed E-state index contributed by atoms with van der Waals surface area (Å²) in [4.78, 5) is 47.1. The number of ether oxygens (including phenoxy) is 1. The third-order valence-electron chi connectivity index (χ3n) is 6.98. The van der Waals surface area contributed by atoms with E-state index in [1.807, 2.05) is 30.3 Å². The maximum atomic E-state index is 13.5. The molecule has 0 saturated carbocycles. The molecule has 2 aromatic carbocycles. The molecule has 0 bridgehead atoms. The molecule has 1 aromatic heterocycles. The number of aromatic nitrogens is 1. The number of likely N-dealkylation sites (tertiary alicyclic amines) is 1. The van der Waals surface area contributed by atoms with Crippen molar-refractivity contribution in [3.63, 3.8) is 0 Å². The largest absolute Gasteiger partial charge is 0.493 e. The van der Waals surface area contributed by atoms with Crippen LogP contribution < -0.4 is 10.1 Å². The van der Waals surface area contributed by atoms with Gasteiger partial charge in [-0.1, -0.05) is 30.3 Å². The second-order valence-electron chi connectivity index (χ2n) is 9.02. The zero-order valence-electron chi connectivity index (χ0n) is 18.5. The van der Waals surface area contributed by atoms with Gasteiger partial charge in [-0.05, 0) is 31.0 Å². The second kappa shape index (κ2) is 8.09. The van der Waals surface area contributed by atoms with Gasteiger partial charge in [0.1, 0.15) is 12.3 Å². The Hall–Kier alpha value is -3.46. The van der Waals surface area contributed by atoms with Crippen molar-refractivity contribution in [1.29, 1.82) is 0 Å². The lowest BCUT2D eigenvalue weighted by atomic mass is 9.84. The Morgan fingerprint density at radius 1 is 1.18 bits per heavy atom. The number of piperidine rings is 1. The quantitative estimate of drug-likeness (QED) is 0.586. The highest BCUT2D eigenvalue weighted by Crippen LogP contribution is 2.41. The maximum Gasteiger partial charge on any atom is 0.325 e. The lowest BCUT2D eigenvalue weighted by Gasteiger charge is -2.34. The zero-order chi connectivity index (χ0) is 23.3. The Morgan fingerprint density at radius 3 is 2.88 bits per heavy atom. The number of carbonyl (C=O) groups is 3. The molecule has 0 unspecified atom stereocenters. The minimum absolute atomic E-state index is 0.159. The van der Waals surface area contributed by atoms with E-state index in [0.717, 1.165) is 33.0 Å². The molecule has 174 valence electrons. The van der Waals surface area contributed by atoms with Crippen LogP contribution in [0.25, 0.3) is 10.2 Å². The number of nitrogens with one attached hydrogen (secondary N) is 1. The average Bonchev–Trinajstić information content (AvgIpc) is 3.40. The summed E-state index contributed by atoms with van der Waals surface area (Å²) < 4.78 is 6.82. The van der Waals surface area contributed by atoms with Gasteiger partial charge in [0.2, 0.25) is 5.91 Å². The number of carbonyl (C=O) groups excluding carboxylic acids is 3. The van der Waals surface area contributed by atoms with Crippen LogP contribution in [0.5, 0.6) is 5.75 Å². The summed E-state index contributed by atoms with van der Waals surface area (Å²) in [5.41, 5.74) is 0.452. The minimum Gasteiger partial charge on any atom is -0.493 e. The normalized spacial score (nSPS) is 24.3. The predicted octanol–water partition coefficient (Wildman–Crippen LogP) is 3.23. The van der Waals surface area contributed by atoms with E-state index >= 15 is 0 Å². The number of benzene rings is 2. The van der Waals surface area contributed by atoms with E-state index in [1.165, 1.54) is 0 Å². The van der Waals surface area contributed by atoms with Crippen LogP contribution in [0.1, 0.15) is 35.8 Å². The van der Waals surface area contributed by atoms with Gasteiger partial charge in [-0.25, -0.2) is 9.78 Å². The minimum atomic E-state index is -1.17. The molecule has 0 aliphatic carbocycles. The highest BCUT2D eigenvalue weighted by molar-refractivity contribution is 7.18. The molecule has 1 N–H and O–H groups in total. The third-order valence-corrected chi connectivity index (χ3v) is 8.18. The number of rotatable bonds is 3. The highest BCUT2D eigenvalue weighted by Gasteiger charge is 2.55. The molecule has 2 fully saturated rings. The number of hydrogen-bond donors (Lipinski definition) is 1. The van der Waals surface area contributed by atoms with E-state index < -0.39 is 11.6 Å². The second-order valence-corrected chi connectivity index (χ2v) is 10.1. The standard InChI is InChI=1S/C25H24N4O4S/c30-21(28-12-5-6-16(14-28)22-26-18-8-2-4-10-20(18)34-22)15-29-23(31)25(27-24(29)32)11-13-33-19-9-3-1-7-17(19)25/h1-4,7-10,16H,5-6,11-15H2,(H,27,32)/t16-,25+/m0/s1. The van der Waals surface area contributed by atoms with E-state index in [4.69, 9.17) is 9.72 Å². The van der Waals surface area contributed by atoms with Crippen LogP contribution >= 0.6 is 11.3 Å². The predicted molar refractivity (Wildman–Crippen MR) is 127 cm³/mol. The highest BCUT2D eigenvalue weighted by atomic mass is 32.1. The molecule has 1 spiro atoms. The summed E-state index contributed by atoms with van der Waals surface area (Å²) in [5, 5.41) is 3.90. The van der Waals surface area contributed by atoms with Gasteiger partial charge >= 0.3 is 6.03 Å². The number of imide groups is 1. The first kappa shape index (κ1) is 21.1. The first-order chi connectivity index (χ1) is 16.5.